The van der Waals surface area contributed by atoms with Crippen LogP contribution in [0.25, 0.3) is 0 Å². The zero-order chi connectivity index (χ0) is 28.4. The van der Waals surface area contributed by atoms with E-state index in [-0.39, 0.29) is 17.7 Å². The van der Waals surface area contributed by atoms with Gasteiger partial charge in [0.25, 0.3) is 0 Å². The van der Waals surface area contributed by atoms with Crippen molar-refractivity contribution in [3.05, 3.63) is 52.7 Å². The zero-order valence-electron chi connectivity index (χ0n) is 22.9. The monoisotopic (exact) mass is 576 g/mol. The van der Waals surface area contributed by atoms with Gasteiger partial charge in [-0.3, -0.25) is 9.69 Å². The Balaban J connectivity index is 1.41. The third-order valence-electron chi connectivity index (χ3n) is 7.94. The van der Waals surface area contributed by atoms with Gasteiger partial charge in [0.05, 0.1) is 5.69 Å². The van der Waals surface area contributed by atoms with Crippen molar-refractivity contribution in [2.24, 2.45) is 0 Å². The van der Waals surface area contributed by atoms with Crippen molar-refractivity contribution < 1.29 is 23.0 Å². The van der Waals surface area contributed by atoms with Gasteiger partial charge < -0.3 is 24.2 Å². The quantitative estimate of drug-likeness (QED) is 0.416. The molecule has 0 N–H and O–H groups in total. The minimum atomic E-state index is -2.95. The molecule has 40 heavy (non-hydrogen) atoms. The summed E-state index contributed by atoms with van der Waals surface area (Å²) in [6, 6.07) is 5.41. The van der Waals surface area contributed by atoms with E-state index >= 15 is 0 Å². The largest absolute Gasteiger partial charge is 0.462 e. The predicted molar refractivity (Wildman–Crippen MR) is 148 cm³/mol. The summed E-state index contributed by atoms with van der Waals surface area (Å²) in [5, 5.41) is 0.363. The molecule has 3 aliphatic heterocycles. The maximum atomic E-state index is 13.1. The van der Waals surface area contributed by atoms with Crippen LogP contribution in [0.2, 0.25) is 5.02 Å². The van der Waals surface area contributed by atoms with Gasteiger partial charge in [-0.15, -0.1) is 0 Å². The number of hydrogen-bond donors (Lipinski definition) is 0. The van der Waals surface area contributed by atoms with Gasteiger partial charge in [0.1, 0.15) is 18.2 Å². The minimum absolute atomic E-state index is 0.00845. The smallest absolute Gasteiger partial charge is 0.387 e. The molecule has 0 spiro atoms. The molecule has 0 aliphatic carbocycles. The number of anilines is 1. The average molecular weight is 577 g/mol. The molecule has 9 nitrogen and oxygen atoms in total. The Kier molecular flexibility index (Phi) is 8.72. The van der Waals surface area contributed by atoms with E-state index in [0.29, 0.717) is 68.5 Å². The number of fused-ring (bicyclic) bond motifs is 1. The zero-order valence-corrected chi connectivity index (χ0v) is 23.6. The lowest BCUT2D eigenvalue weighted by molar-refractivity contribution is -0.126. The Bertz CT molecular complexity index is 1250. The number of piperazine rings is 1. The van der Waals surface area contributed by atoms with E-state index in [0.717, 1.165) is 36.5 Å². The summed E-state index contributed by atoms with van der Waals surface area (Å²) >= 11 is 6.42. The summed E-state index contributed by atoms with van der Waals surface area (Å²) < 4.78 is 37.0. The van der Waals surface area contributed by atoms with Crippen LogP contribution in [0.5, 0.6) is 11.8 Å². The van der Waals surface area contributed by atoms with Crippen LogP contribution in [0.3, 0.4) is 0 Å². The van der Waals surface area contributed by atoms with Crippen LogP contribution in [0.15, 0.2) is 30.9 Å². The van der Waals surface area contributed by atoms with Gasteiger partial charge >= 0.3 is 12.6 Å². The fourth-order valence-corrected chi connectivity index (χ4v) is 6.00. The highest BCUT2D eigenvalue weighted by Crippen LogP contribution is 2.36. The van der Waals surface area contributed by atoms with Crippen LogP contribution in [0, 0.1) is 0 Å². The number of amides is 1. The minimum Gasteiger partial charge on any atom is -0.462 e. The number of carbonyl (C=O) groups is 1. The number of alkyl halides is 2. The van der Waals surface area contributed by atoms with Gasteiger partial charge in [-0.1, -0.05) is 24.2 Å². The van der Waals surface area contributed by atoms with Crippen LogP contribution < -0.4 is 14.4 Å². The highest BCUT2D eigenvalue weighted by molar-refractivity contribution is 6.31. The van der Waals surface area contributed by atoms with E-state index in [1.54, 1.807) is 17.0 Å². The molecular formula is C28H35ClF2N6O3. The number of halogens is 3. The number of benzene rings is 1. The van der Waals surface area contributed by atoms with Gasteiger partial charge in [0.15, 0.2) is 0 Å². The molecule has 2 fully saturated rings. The third-order valence-corrected chi connectivity index (χ3v) is 8.30. The molecule has 216 valence electrons. The van der Waals surface area contributed by atoms with Crippen molar-refractivity contribution >= 4 is 23.3 Å². The number of hydrogen-bond acceptors (Lipinski definition) is 8. The number of likely N-dealkylation sites (N-methyl/N-ethyl adjacent to an activating group) is 1. The fourth-order valence-electron chi connectivity index (χ4n) is 5.78. The van der Waals surface area contributed by atoms with Crippen LogP contribution >= 0.6 is 11.6 Å². The summed E-state index contributed by atoms with van der Waals surface area (Å²) in [7, 11) is 2.10. The second-order valence-corrected chi connectivity index (χ2v) is 11.0. The van der Waals surface area contributed by atoms with Gasteiger partial charge in [-0.25, -0.2) is 0 Å². The number of likely N-dealkylation sites (tertiary alicyclic amines) is 1. The van der Waals surface area contributed by atoms with Crippen molar-refractivity contribution in [2.75, 3.05) is 44.7 Å². The molecule has 3 aliphatic rings. The van der Waals surface area contributed by atoms with E-state index in [1.807, 2.05) is 0 Å². The Morgan fingerprint density at radius 3 is 2.77 bits per heavy atom. The predicted octanol–water partition coefficient (Wildman–Crippen LogP) is 3.94. The lowest BCUT2D eigenvalue weighted by Gasteiger charge is -2.40. The maximum absolute atomic E-state index is 13.1. The Hall–Kier alpha value is -3.02. The Morgan fingerprint density at radius 2 is 2.08 bits per heavy atom. The molecule has 0 saturated carbocycles. The molecule has 1 aromatic carbocycles. The van der Waals surface area contributed by atoms with Crippen molar-refractivity contribution in [1.82, 2.24) is 24.7 Å². The molecule has 1 amide bonds. The normalized spacial score (nSPS) is 21.6. The second-order valence-electron chi connectivity index (χ2n) is 10.6. The van der Waals surface area contributed by atoms with Crippen molar-refractivity contribution in [1.29, 1.82) is 0 Å². The molecular weight excluding hydrogens is 542 g/mol. The number of rotatable bonds is 9. The molecule has 1 aromatic heterocycles. The Morgan fingerprint density at radius 1 is 1.25 bits per heavy atom. The van der Waals surface area contributed by atoms with Crippen molar-refractivity contribution in [3.8, 4) is 11.8 Å². The van der Waals surface area contributed by atoms with Crippen LogP contribution in [-0.4, -0.2) is 89.1 Å². The van der Waals surface area contributed by atoms with Crippen molar-refractivity contribution in [2.45, 2.75) is 58.1 Å². The SMILES string of the molecule is C=CC(=O)N1CCN(c2nc(OC[C@@H]3CCCN3C)nc3c2CN(Cc2c(Cl)cccc2OC(F)F)C3)[C@@H](C)C1. The number of nitrogens with zero attached hydrogens (tertiary/aromatic N) is 6. The van der Waals surface area contributed by atoms with Crippen LogP contribution in [0.1, 0.15) is 36.6 Å². The first-order chi connectivity index (χ1) is 19.2. The molecule has 0 bridgehead atoms. The highest BCUT2D eigenvalue weighted by Gasteiger charge is 2.34. The molecule has 2 atom stereocenters. The van der Waals surface area contributed by atoms with Crippen LogP contribution in [-0.2, 0) is 24.4 Å². The first-order valence-electron chi connectivity index (χ1n) is 13.6. The summed E-state index contributed by atoms with van der Waals surface area (Å²) in [5.41, 5.74) is 2.29. The summed E-state index contributed by atoms with van der Waals surface area (Å²) in [4.78, 5) is 30.3. The van der Waals surface area contributed by atoms with E-state index in [9.17, 15) is 13.6 Å². The van der Waals surface area contributed by atoms with Crippen LogP contribution in [0.4, 0.5) is 14.6 Å². The van der Waals surface area contributed by atoms with Gasteiger partial charge in [0.2, 0.25) is 5.91 Å². The van der Waals surface area contributed by atoms with E-state index < -0.39 is 6.61 Å². The average Bonchev–Trinajstić information content (AvgIpc) is 3.53. The molecule has 12 heteroatoms. The summed E-state index contributed by atoms with van der Waals surface area (Å²) in [6.07, 6.45) is 3.55. The van der Waals surface area contributed by atoms with Gasteiger partial charge in [-0.05, 0) is 51.6 Å². The molecule has 4 heterocycles. The number of carbonyl (C=O) groups excluding carboxylic acids is 1. The fraction of sp³-hybridized carbons (Fsp3) is 0.536. The second kappa shape index (κ2) is 12.2. The number of ether oxygens (including phenoxy) is 2. The lowest BCUT2D eigenvalue weighted by Crippen LogP contribution is -2.54. The molecule has 0 unspecified atom stereocenters. The Labute approximate surface area is 238 Å². The first-order valence-corrected chi connectivity index (χ1v) is 14.0. The summed E-state index contributed by atoms with van der Waals surface area (Å²) in [6.45, 7) is 7.27. The standard InChI is InChI=1S/C28H35ClF2N6O3/c1-4-25(38)36-11-12-37(18(2)13-36)26-21-15-35(14-20-22(29)8-5-9-24(20)40-27(30)31)16-23(21)32-28(33-26)39-17-19-7-6-10-34(19)3/h4-5,8-9,18-19,27H,1,6-7,10-17H2,2-3H3/t18-,19-/m0/s1. The van der Waals surface area contributed by atoms with E-state index in [2.05, 4.69) is 35.3 Å². The third kappa shape index (κ3) is 6.16. The summed E-state index contributed by atoms with van der Waals surface area (Å²) in [5.74, 6) is 0.756. The number of aromatic nitrogens is 2. The molecule has 2 aromatic rings. The maximum Gasteiger partial charge on any atom is 0.387 e. The molecule has 5 rings (SSSR count). The molecule has 2 saturated heterocycles. The van der Waals surface area contributed by atoms with E-state index in [4.69, 9.17) is 31.0 Å². The topological polar surface area (TPSA) is 74.3 Å². The van der Waals surface area contributed by atoms with Crippen molar-refractivity contribution in [3.63, 3.8) is 0 Å². The highest BCUT2D eigenvalue weighted by atomic mass is 35.5. The first kappa shape index (κ1) is 28.5. The van der Waals surface area contributed by atoms with Gasteiger partial charge in [0, 0.05) is 67.5 Å². The van der Waals surface area contributed by atoms with E-state index in [1.165, 1.54) is 12.1 Å². The molecule has 0 radical (unpaired) electrons. The van der Waals surface area contributed by atoms with Gasteiger partial charge in [-0.2, -0.15) is 18.7 Å². The lowest BCUT2D eigenvalue weighted by atomic mass is 10.1.